The van der Waals surface area contributed by atoms with Gasteiger partial charge >= 0.3 is 5.97 Å². The monoisotopic (exact) mass is 455 g/mol. The zero-order valence-corrected chi connectivity index (χ0v) is 20.4. The van der Waals surface area contributed by atoms with Gasteiger partial charge in [-0.1, -0.05) is 56.3 Å². The first-order chi connectivity index (χ1) is 16.0. The van der Waals surface area contributed by atoms with Crippen LogP contribution in [0.15, 0.2) is 83.9 Å². The van der Waals surface area contributed by atoms with Gasteiger partial charge in [0, 0.05) is 22.0 Å². The molecule has 0 N–H and O–H groups in total. The van der Waals surface area contributed by atoms with E-state index in [1.807, 2.05) is 30.7 Å². The number of aromatic nitrogens is 1. The normalized spacial score (nSPS) is 12.2. The topological polar surface area (TPSA) is 39.2 Å². The van der Waals surface area contributed by atoms with E-state index in [-0.39, 0.29) is 11.9 Å². The van der Waals surface area contributed by atoms with E-state index in [0.29, 0.717) is 12.3 Å². The molecule has 168 valence electrons. The van der Waals surface area contributed by atoms with E-state index in [4.69, 9.17) is 4.74 Å². The maximum Gasteiger partial charge on any atom is 0.313 e. The van der Waals surface area contributed by atoms with Crippen molar-refractivity contribution in [1.82, 2.24) is 4.98 Å². The zero-order chi connectivity index (χ0) is 23.4. The highest BCUT2D eigenvalue weighted by molar-refractivity contribution is 7.98. The van der Waals surface area contributed by atoms with E-state index >= 15 is 0 Å². The molecule has 0 aliphatic carbocycles. The lowest BCUT2D eigenvalue weighted by molar-refractivity contribution is -0.142. The molecule has 4 heteroatoms. The molecule has 1 atom stereocenters. The van der Waals surface area contributed by atoms with Crippen LogP contribution < -0.4 is 0 Å². The third kappa shape index (κ3) is 5.12. The molecule has 0 saturated carbocycles. The maximum absolute atomic E-state index is 12.7. The average Bonchev–Trinajstić information content (AvgIpc) is 2.86. The minimum atomic E-state index is -0.349. The van der Waals surface area contributed by atoms with Crippen molar-refractivity contribution in [3.63, 3.8) is 0 Å². The van der Waals surface area contributed by atoms with Crippen LogP contribution in [0.2, 0.25) is 0 Å². The second-order valence-corrected chi connectivity index (χ2v) is 9.43. The second kappa shape index (κ2) is 10.2. The molecule has 3 aromatic carbocycles. The van der Waals surface area contributed by atoms with E-state index in [0.717, 1.165) is 33.2 Å². The fourth-order valence-corrected chi connectivity index (χ4v) is 4.59. The van der Waals surface area contributed by atoms with E-state index in [1.54, 1.807) is 11.8 Å². The molecular weight excluding hydrogens is 426 g/mol. The molecule has 0 amide bonds. The molecule has 0 spiro atoms. The van der Waals surface area contributed by atoms with Crippen LogP contribution in [-0.2, 0) is 16.0 Å². The van der Waals surface area contributed by atoms with E-state index in [2.05, 4.69) is 73.4 Å². The molecule has 33 heavy (non-hydrogen) atoms. The molecule has 0 aliphatic heterocycles. The number of pyridine rings is 1. The summed E-state index contributed by atoms with van der Waals surface area (Å²) >= 11 is 1.69. The number of carbonyl (C=O) groups excluding carboxylic acids is 1. The molecule has 1 unspecified atom stereocenters. The second-order valence-electron chi connectivity index (χ2n) is 8.55. The van der Waals surface area contributed by atoms with Crippen molar-refractivity contribution in [2.24, 2.45) is 0 Å². The molecule has 3 nitrogen and oxygen atoms in total. The predicted octanol–water partition coefficient (Wildman–Crippen LogP) is 7.25. The van der Waals surface area contributed by atoms with Gasteiger partial charge in [-0.25, -0.2) is 0 Å². The Kier molecular flexibility index (Phi) is 7.14. The van der Waals surface area contributed by atoms with Crippen molar-refractivity contribution in [1.29, 1.82) is 0 Å². The van der Waals surface area contributed by atoms with Gasteiger partial charge in [-0.05, 0) is 71.2 Å². The van der Waals surface area contributed by atoms with Crippen molar-refractivity contribution in [3.05, 3.63) is 95.7 Å². The molecule has 0 saturated heterocycles. The lowest BCUT2D eigenvalue weighted by Gasteiger charge is -2.17. The van der Waals surface area contributed by atoms with Crippen molar-refractivity contribution in [3.8, 4) is 11.1 Å². The van der Waals surface area contributed by atoms with Crippen LogP contribution in [0.4, 0.5) is 0 Å². The van der Waals surface area contributed by atoms with E-state index < -0.39 is 0 Å². The van der Waals surface area contributed by atoms with Gasteiger partial charge in [0.25, 0.3) is 0 Å². The van der Waals surface area contributed by atoms with Crippen LogP contribution >= 0.6 is 11.8 Å². The fourth-order valence-electron chi connectivity index (χ4n) is 4.19. The smallest absolute Gasteiger partial charge is 0.313 e. The SMILES string of the molecule is COC(=O)C(Cc1cccc(-c2cc(C(C)C)cc3cccnc23)c1)c1ccc(SC)cc1. The van der Waals surface area contributed by atoms with E-state index in [1.165, 1.54) is 17.6 Å². The Labute approximate surface area is 200 Å². The first kappa shape index (κ1) is 23.1. The summed E-state index contributed by atoms with van der Waals surface area (Å²) in [5, 5.41) is 1.14. The van der Waals surface area contributed by atoms with Gasteiger partial charge in [-0.15, -0.1) is 11.8 Å². The van der Waals surface area contributed by atoms with Gasteiger partial charge in [-0.3, -0.25) is 9.78 Å². The number of nitrogens with zero attached hydrogens (tertiary/aromatic N) is 1. The van der Waals surface area contributed by atoms with Crippen LogP contribution in [0.25, 0.3) is 22.0 Å². The fraction of sp³-hybridized carbons (Fsp3) is 0.241. The van der Waals surface area contributed by atoms with Crippen LogP contribution in [0.3, 0.4) is 0 Å². The summed E-state index contributed by atoms with van der Waals surface area (Å²) in [7, 11) is 1.46. The van der Waals surface area contributed by atoms with Gasteiger partial charge in [0.15, 0.2) is 0 Å². The number of ether oxygens (including phenoxy) is 1. The lowest BCUT2D eigenvalue weighted by Crippen LogP contribution is -2.17. The average molecular weight is 456 g/mol. The number of hydrogen-bond acceptors (Lipinski definition) is 4. The summed E-state index contributed by atoms with van der Waals surface area (Å²) in [4.78, 5) is 18.5. The van der Waals surface area contributed by atoms with E-state index in [9.17, 15) is 4.79 Å². The number of thioether (sulfide) groups is 1. The number of carbonyl (C=O) groups is 1. The number of rotatable bonds is 7. The summed E-state index contributed by atoms with van der Waals surface area (Å²) in [6, 6.07) is 25.2. The molecule has 0 fully saturated rings. The van der Waals surface area contributed by atoms with Crippen LogP contribution in [-0.4, -0.2) is 24.3 Å². The lowest BCUT2D eigenvalue weighted by atomic mass is 9.89. The first-order valence-electron chi connectivity index (χ1n) is 11.2. The van der Waals surface area contributed by atoms with Crippen molar-refractivity contribution in [2.45, 2.75) is 37.0 Å². The minimum Gasteiger partial charge on any atom is -0.469 e. The molecular formula is C29H29NO2S. The largest absolute Gasteiger partial charge is 0.469 e. The molecule has 1 heterocycles. The summed E-state index contributed by atoms with van der Waals surface area (Å²) < 4.78 is 5.16. The quantitative estimate of drug-likeness (QED) is 0.217. The van der Waals surface area contributed by atoms with Gasteiger partial charge in [0.2, 0.25) is 0 Å². The maximum atomic E-state index is 12.7. The standard InChI is InChI=1S/C29H29NO2S/c1-19(2)24-17-23-9-6-14-30-28(23)26(18-24)22-8-5-7-20(15-22)16-27(29(31)32-3)21-10-12-25(33-4)13-11-21/h5-15,17-19,27H,16H2,1-4H3. The number of benzene rings is 3. The Morgan fingerprint density at radius 2 is 1.76 bits per heavy atom. The third-order valence-electron chi connectivity index (χ3n) is 6.08. The van der Waals surface area contributed by atoms with Crippen molar-refractivity contribution < 1.29 is 9.53 Å². The van der Waals surface area contributed by atoms with Gasteiger partial charge in [0.1, 0.15) is 0 Å². The third-order valence-corrected chi connectivity index (χ3v) is 6.82. The first-order valence-corrected chi connectivity index (χ1v) is 12.4. The van der Waals surface area contributed by atoms with Gasteiger partial charge in [0.05, 0.1) is 18.5 Å². The molecule has 4 aromatic rings. The number of esters is 1. The molecule has 1 aromatic heterocycles. The van der Waals surface area contributed by atoms with Crippen molar-refractivity contribution >= 4 is 28.6 Å². The van der Waals surface area contributed by atoms with Crippen LogP contribution in [0.5, 0.6) is 0 Å². The molecule has 0 aliphatic rings. The summed E-state index contributed by atoms with van der Waals surface area (Å²) in [6.07, 6.45) is 4.47. The number of methoxy groups -OCH3 is 1. The minimum absolute atomic E-state index is 0.216. The molecule has 0 bridgehead atoms. The molecule has 0 radical (unpaired) electrons. The van der Waals surface area contributed by atoms with Crippen LogP contribution in [0.1, 0.15) is 42.4 Å². The highest BCUT2D eigenvalue weighted by atomic mass is 32.2. The van der Waals surface area contributed by atoms with Crippen molar-refractivity contribution in [2.75, 3.05) is 13.4 Å². The Hall–Kier alpha value is -3.11. The zero-order valence-electron chi connectivity index (χ0n) is 19.5. The van der Waals surface area contributed by atoms with Crippen LogP contribution in [0, 0.1) is 0 Å². The Morgan fingerprint density at radius 3 is 2.45 bits per heavy atom. The Morgan fingerprint density at radius 1 is 0.970 bits per heavy atom. The number of hydrogen-bond donors (Lipinski definition) is 0. The number of fused-ring (bicyclic) bond motifs is 1. The summed E-state index contributed by atoms with van der Waals surface area (Å²) in [6.45, 7) is 4.42. The highest BCUT2D eigenvalue weighted by Crippen LogP contribution is 2.33. The van der Waals surface area contributed by atoms with Gasteiger partial charge in [-0.2, -0.15) is 0 Å². The highest BCUT2D eigenvalue weighted by Gasteiger charge is 2.22. The Balaban J connectivity index is 1.73. The Bertz CT molecular complexity index is 1260. The summed E-state index contributed by atoms with van der Waals surface area (Å²) in [5.41, 5.74) is 6.58. The predicted molar refractivity (Wildman–Crippen MR) is 138 cm³/mol. The molecule has 4 rings (SSSR count). The van der Waals surface area contributed by atoms with Gasteiger partial charge < -0.3 is 4.74 Å². The summed E-state index contributed by atoms with van der Waals surface area (Å²) in [5.74, 6) is -0.145.